The fraction of sp³-hybridized carbons (Fsp3) is 0.391. The summed E-state index contributed by atoms with van der Waals surface area (Å²) in [6.07, 6.45) is 4.66. The third-order valence-electron chi connectivity index (χ3n) is 6.19. The van der Waals surface area contributed by atoms with E-state index in [0.29, 0.717) is 0 Å². The maximum absolute atomic E-state index is 13.0. The lowest BCUT2D eigenvalue weighted by atomic mass is 9.91. The van der Waals surface area contributed by atoms with E-state index in [1.165, 1.54) is 5.56 Å². The summed E-state index contributed by atoms with van der Waals surface area (Å²) in [5, 5.41) is 7.74. The molecular formula is C23H27N5O2. The number of pyridine rings is 1. The van der Waals surface area contributed by atoms with Gasteiger partial charge in [-0.3, -0.25) is 4.79 Å². The smallest absolute Gasteiger partial charge is 0.240 e. The largest absolute Gasteiger partial charge is 0.457 e. The molecule has 1 amide bonds. The van der Waals surface area contributed by atoms with E-state index in [1.807, 2.05) is 36.2 Å². The van der Waals surface area contributed by atoms with Crippen molar-refractivity contribution in [2.24, 2.45) is 0 Å². The zero-order valence-electron chi connectivity index (χ0n) is 17.1. The quantitative estimate of drug-likeness (QED) is 0.621. The second-order valence-corrected chi connectivity index (χ2v) is 8.08. The van der Waals surface area contributed by atoms with Gasteiger partial charge in [0.2, 0.25) is 5.91 Å². The van der Waals surface area contributed by atoms with Crippen molar-refractivity contribution in [3.8, 4) is 11.5 Å². The molecule has 0 saturated carbocycles. The van der Waals surface area contributed by atoms with Gasteiger partial charge in [-0.2, -0.15) is 0 Å². The molecule has 5 rings (SSSR count). The zero-order chi connectivity index (χ0) is 20.5. The van der Waals surface area contributed by atoms with E-state index in [2.05, 4.69) is 32.7 Å². The van der Waals surface area contributed by atoms with E-state index < -0.39 is 0 Å². The number of fused-ring (bicyclic) bond motifs is 1. The molecule has 2 aromatic heterocycles. The highest BCUT2D eigenvalue weighted by atomic mass is 16.5. The maximum Gasteiger partial charge on any atom is 0.240 e. The SMILES string of the molecule is Cc1c[nH]c2nccc(Oc3ccc([C@H]4CCN[C@@H]4C(=O)N4CCNCC4)cc3)c12. The minimum Gasteiger partial charge on any atom is -0.457 e. The van der Waals surface area contributed by atoms with Gasteiger partial charge >= 0.3 is 0 Å². The Labute approximate surface area is 175 Å². The molecule has 2 fully saturated rings. The Hall–Kier alpha value is -2.90. The topological polar surface area (TPSA) is 82.3 Å². The number of amides is 1. The first-order chi connectivity index (χ1) is 14.7. The van der Waals surface area contributed by atoms with Crippen LogP contribution in [0.15, 0.2) is 42.7 Å². The number of aromatic amines is 1. The number of benzene rings is 1. The predicted molar refractivity (Wildman–Crippen MR) is 116 cm³/mol. The van der Waals surface area contributed by atoms with Gasteiger partial charge in [-0.05, 0) is 49.2 Å². The van der Waals surface area contributed by atoms with Crippen LogP contribution in [-0.2, 0) is 4.79 Å². The van der Waals surface area contributed by atoms with E-state index in [1.54, 1.807) is 6.20 Å². The molecule has 0 bridgehead atoms. The number of H-pyrrole nitrogens is 1. The van der Waals surface area contributed by atoms with Crippen LogP contribution < -0.4 is 15.4 Å². The number of hydrogen-bond acceptors (Lipinski definition) is 5. The summed E-state index contributed by atoms with van der Waals surface area (Å²) in [6, 6.07) is 9.92. The predicted octanol–water partition coefficient (Wildman–Crippen LogP) is 2.54. The van der Waals surface area contributed by atoms with Crippen molar-refractivity contribution in [2.45, 2.75) is 25.3 Å². The molecule has 7 nitrogen and oxygen atoms in total. The molecule has 0 unspecified atom stereocenters. The van der Waals surface area contributed by atoms with Gasteiger partial charge in [0.05, 0.1) is 11.4 Å². The maximum atomic E-state index is 13.0. The van der Waals surface area contributed by atoms with Crippen molar-refractivity contribution in [1.82, 2.24) is 25.5 Å². The van der Waals surface area contributed by atoms with Gasteiger partial charge in [-0.15, -0.1) is 0 Å². The molecule has 156 valence electrons. The van der Waals surface area contributed by atoms with Crippen molar-refractivity contribution in [1.29, 1.82) is 0 Å². The average molecular weight is 406 g/mol. The molecule has 0 spiro atoms. The standard InChI is InChI=1S/C23H27N5O2/c1-15-14-27-22-20(15)19(7-9-26-22)30-17-4-2-16(3-5-17)18-6-8-25-21(18)23(29)28-12-10-24-11-13-28/h2-5,7,9,14,18,21,24-25H,6,8,10-13H2,1H3,(H,26,27)/t18-,21+/m1/s1. The van der Waals surface area contributed by atoms with Crippen LogP contribution in [0.1, 0.15) is 23.5 Å². The van der Waals surface area contributed by atoms with E-state index in [0.717, 1.165) is 67.2 Å². The van der Waals surface area contributed by atoms with Crippen molar-refractivity contribution < 1.29 is 9.53 Å². The van der Waals surface area contributed by atoms with Gasteiger partial charge in [0, 0.05) is 44.5 Å². The van der Waals surface area contributed by atoms with Gasteiger partial charge in [-0.1, -0.05) is 12.1 Å². The Kier molecular flexibility index (Phi) is 5.14. The summed E-state index contributed by atoms with van der Waals surface area (Å²) in [5.74, 6) is 1.99. The number of nitrogens with zero attached hydrogens (tertiary/aromatic N) is 2. The summed E-state index contributed by atoms with van der Waals surface area (Å²) in [4.78, 5) is 22.5. The van der Waals surface area contributed by atoms with E-state index in [4.69, 9.17) is 4.74 Å². The molecule has 0 aliphatic carbocycles. The monoisotopic (exact) mass is 405 g/mol. The highest BCUT2D eigenvalue weighted by Crippen LogP contribution is 2.33. The lowest BCUT2D eigenvalue weighted by Gasteiger charge is -2.31. The molecule has 1 aromatic carbocycles. The van der Waals surface area contributed by atoms with Crippen molar-refractivity contribution >= 4 is 16.9 Å². The third kappa shape index (κ3) is 3.55. The second kappa shape index (κ2) is 8.08. The molecule has 7 heteroatoms. The first kappa shape index (κ1) is 19.1. The molecular weight excluding hydrogens is 378 g/mol. The molecule has 2 atom stereocenters. The number of ether oxygens (including phenoxy) is 1. The second-order valence-electron chi connectivity index (χ2n) is 8.08. The van der Waals surface area contributed by atoms with Crippen LogP contribution in [0, 0.1) is 6.92 Å². The Morgan fingerprint density at radius 2 is 1.93 bits per heavy atom. The number of nitrogens with one attached hydrogen (secondary N) is 3. The van der Waals surface area contributed by atoms with Crippen molar-refractivity contribution in [3.05, 3.63) is 53.9 Å². The zero-order valence-corrected chi connectivity index (χ0v) is 17.1. The first-order valence-electron chi connectivity index (χ1n) is 10.6. The lowest BCUT2D eigenvalue weighted by Crippen LogP contribution is -2.52. The van der Waals surface area contributed by atoms with Crippen molar-refractivity contribution in [3.63, 3.8) is 0 Å². The lowest BCUT2D eigenvalue weighted by molar-refractivity contribution is -0.134. The summed E-state index contributed by atoms with van der Waals surface area (Å²) in [5.41, 5.74) is 3.11. The molecule has 2 aliphatic rings. The summed E-state index contributed by atoms with van der Waals surface area (Å²) in [6.45, 7) is 6.23. The van der Waals surface area contributed by atoms with Crippen LogP contribution in [0.4, 0.5) is 0 Å². The summed E-state index contributed by atoms with van der Waals surface area (Å²) >= 11 is 0. The molecule has 30 heavy (non-hydrogen) atoms. The summed E-state index contributed by atoms with van der Waals surface area (Å²) < 4.78 is 6.16. The molecule has 3 N–H and O–H groups in total. The number of piperazine rings is 1. The van der Waals surface area contributed by atoms with E-state index in [-0.39, 0.29) is 17.9 Å². The van der Waals surface area contributed by atoms with Crippen molar-refractivity contribution in [2.75, 3.05) is 32.7 Å². The van der Waals surface area contributed by atoms with Crippen LogP contribution in [0.25, 0.3) is 11.0 Å². The van der Waals surface area contributed by atoms with Gasteiger partial charge in [0.15, 0.2) is 0 Å². The molecule has 0 radical (unpaired) electrons. The number of aromatic nitrogens is 2. The molecule has 2 saturated heterocycles. The third-order valence-corrected chi connectivity index (χ3v) is 6.19. The first-order valence-corrected chi connectivity index (χ1v) is 10.6. The number of hydrogen-bond donors (Lipinski definition) is 3. The number of carbonyl (C=O) groups excluding carboxylic acids is 1. The van der Waals surface area contributed by atoms with Crippen LogP contribution in [0.2, 0.25) is 0 Å². The number of rotatable bonds is 4. The fourth-order valence-corrected chi connectivity index (χ4v) is 4.58. The van der Waals surface area contributed by atoms with Gasteiger partial charge < -0.3 is 25.3 Å². The average Bonchev–Trinajstić information content (AvgIpc) is 3.42. The molecule has 3 aromatic rings. The Morgan fingerprint density at radius 1 is 1.13 bits per heavy atom. The number of carbonyl (C=O) groups is 1. The van der Waals surface area contributed by atoms with Crippen LogP contribution in [0.3, 0.4) is 0 Å². The minimum absolute atomic E-state index is 0.141. The Balaban J connectivity index is 1.33. The van der Waals surface area contributed by atoms with Gasteiger partial charge in [0.1, 0.15) is 17.1 Å². The fourth-order valence-electron chi connectivity index (χ4n) is 4.58. The van der Waals surface area contributed by atoms with Crippen LogP contribution >= 0.6 is 0 Å². The minimum atomic E-state index is -0.141. The van der Waals surface area contributed by atoms with Gasteiger partial charge in [-0.25, -0.2) is 4.98 Å². The molecule has 2 aliphatic heterocycles. The normalized spacial score (nSPS) is 21.8. The van der Waals surface area contributed by atoms with E-state index >= 15 is 0 Å². The van der Waals surface area contributed by atoms with E-state index in [9.17, 15) is 4.79 Å². The van der Waals surface area contributed by atoms with Gasteiger partial charge in [0.25, 0.3) is 0 Å². The number of aryl methyl sites for hydroxylation is 1. The highest BCUT2D eigenvalue weighted by molar-refractivity contribution is 5.86. The highest BCUT2D eigenvalue weighted by Gasteiger charge is 2.36. The molecule has 4 heterocycles. The van der Waals surface area contributed by atoms with Crippen LogP contribution in [0.5, 0.6) is 11.5 Å². The van der Waals surface area contributed by atoms with Crippen LogP contribution in [-0.4, -0.2) is 59.5 Å². The Bertz CT molecular complexity index is 1040. The Morgan fingerprint density at radius 3 is 2.73 bits per heavy atom. The summed E-state index contributed by atoms with van der Waals surface area (Å²) in [7, 11) is 0.